The summed E-state index contributed by atoms with van der Waals surface area (Å²) < 4.78 is 5.69. The van der Waals surface area contributed by atoms with Crippen molar-refractivity contribution in [1.29, 1.82) is 5.26 Å². The number of benzene rings is 1. The van der Waals surface area contributed by atoms with E-state index in [1.165, 1.54) is 6.20 Å². The summed E-state index contributed by atoms with van der Waals surface area (Å²) >= 11 is 0. The maximum Gasteiger partial charge on any atom is 0.218 e. The predicted octanol–water partition coefficient (Wildman–Crippen LogP) is 3.34. The zero-order valence-corrected chi connectivity index (χ0v) is 11.2. The van der Waals surface area contributed by atoms with Gasteiger partial charge in [-0.1, -0.05) is 19.9 Å². The lowest BCUT2D eigenvalue weighted by Gasteiger charge is -2.06. The molecule has 0 fully saturated rings. The Morgan fingerprint density at radius 1 is 1.25 bits per heavy atom. The molecule has 0 aliphatic carbocycles. The Balaban J connectivity index is 2.41. The number of hydrogen-bond acceptors (Lipinski definition) is 4. The summed E-state index contributed by atoms with van der Waals surface area (Å²) in [6.45, 7) is 4.14. The molecule has 98 valence electrons. The van der Waals surface area contributed by atoms with Crippen LogP contribution >= 0.6 is 0 Å². The summed E-state index contributed by atoms with van der Waals surface area (Å²) in [5.41, 5.74) is 2.42. The van der Waals surface area contributed by atoms with Gasteiger partial charge in [-0.05, 0) is 23.6 Å². The van der Waals surface area contributed by atoms with E-state index in [2.05, 4.69) is 18.8 Å². The lowest BCUT2D eigenvalue weighted by Crippen LogP contribution is -2.05. The quantitative estimate of drug-likeness (QED) is 0.632. The Morgan fingerprint density at radius 3 is 2.75 bits per heavy atom. The summed E-state index contributed by atoms with van der Waals surface area (Å²) in [7, 11) is 0. The minimum atomic E-state index is -0.159. The van der Waals surface area contributed by atoms with Crippen molar-refractivity contribution in [2.24, 2.45) is 0 Å². The first-order chi connectivity index (χ1) is 9.60. The van der Waals surface area contributed by atoms with Gasteiger partial charge < -0.3 is 4.42 Å². The zero-order chi connectivity index (χ0) is 14.3. The van der Waals surface area contributed by atoms with Crippen LogP contribution in [-0.4, -0.2) is 4.98 Å². The van der Waals surface area contributed by atoms with Gasteiger partial charge in [-0.2, -0.15) is 5.26 Å². The van der Waals surface area contributed by atoms with E-state index in [4.69, 9.17) is 9.68 Å². The van der Waals surface area contributed by atoms with Crippen LogP contribution in [0.5, 0.6) is 0 Å². The van der Waals surface area contributed by atoms with E-state index >= 15 is 0 Å². The molecular weight excluding hydrogens is 252 g/mol. The molecule has 0 N–H and O–H groups in total. The average molecular weight is 264 g/mol. The average Bonchev–Trinajstić information content (AvgIpc) is 2.46. The minimum absolute atomic E-state index is 0.159. The van der Waals surface area contributed by atoms with Gasteiger partial charge in [0.05, 0.1) is 10.9 Å². The van der Waals surface area contributed by atoms with Crippen molar-refractivity contribution in [3.8, 4) is 6.07 Å². The van der Waals surface area contributed by atoms with Crippen LogP contribution < -0.4 is 5.43 Å². The Kier molecular flexibility index (Phi) is 2.76. The highest BCUT2D eigenvalue weighted by molar-refractivity contribution is 5.88. The maximum absolute atomic E-state index is 12.5. The third-order valence-corrected chi connectivity index (χ3v) is 3.33. The highest BCUT2D eigenvalue weighted by Crippen LogP contribution is 2.22. The van der Waals surface area contributed by atoms with Gasteiger partial charge in [0.15, 0.2) is 11.1 Å². The summed E-state index contributed by atoms with van der Waals surface area (Å²) in [4.78, 5) is 16.5. The van der Waals surface area contributed by atoms with Crippen LogP contribution in [0.2, 0.25) is 0 Å². The van der Waals surface area contributed by atoms with Crippen LogP contribution in [-0.2, 0) is 0 Å². The lowest BCUT2D eigenvalue weighted by molar-refractivity contribution is 0.657. The third kappa shape index (κ3) is 1.84. The Morgan fingerprint density at radius 2 is 2.05 bits per heavy atom. The smallest absolute Gasteiger partial charge is 0.218 e. The van der Waals surface area contributed by atoms with Crippen molar-refractivity contribution >= 4 is 22.1 Å². The van der Waals surface area contributed by atoms with Gasteiger partial charge in [0.25, 0.3) is 0 Å². The monoisotopic (exact) mass is 264 g/mol. The van der Waals surface area contributed by atoms with Crippen LogP contribution in [0, 0.1) is 11.3 Å². The standard InChI is InChI=1S/C16H12N2O2/c1-9(2)11-3-4-13-12(6-11)16(19)15-14(20-13)5-10(7-17)8-18-15/h3-6,8-9H,1-2H3. The van der Waals surface area contributed by atoms with Gasteiger partial charge >= 0.3 is 0 Å². The van der Waals surface area contributed by atoms with Crippen LogP contribution in [0.25, 0.3) is 22.1 Å². The van der Waals surface area contributed by atoms with Crippen LogP contribution in [0.3, 0.4) is 0 Å². The molecule has 3 rings (SSSR count). The number of fused-ring (bicyclic) bond motifs is 2. The molecule has 2 aromatic heterocycles. The number of rotatable bonds is 1. The molecular formula is C16H12N2O2. The summed E-state index contributed by atoms with van der Waals surface area (Å²) in [6, 6.07) is 9.12. The molecule has 0 aliphatic rings. The van der Waals surface area contributed by atoms with Gasteiger partial charge in [0, 0.05) is 12.3 Å². The summed E-state index contributed by atoms with van der Waals surface area (Å²) in [5.74, 6) is 0.337. The van der Waals surface area contributed by atoms with Crippen LogP contribution in [0.15, 0.2) is 39.7 Å². The molecule has 0 unspecified atom stereocenters. The molecule has 0 atom stereocenters. The first-order valence-electron chi connectivity index (χ1n) is 6.37. The Hall–Kier alpha value is -2.67. The fourth-order valence-corrected chi connectivity index (χ4v) is 2.17. The molecule has 0 saturated carbocycles. The van der Waals surface area contributed by atoms with Crippen LogP contribution in [0.4, 0.5) is 0 Å². The third-order valence-electron chi connectivity index (χ3n) is 3.33. The van der Waals surface area contributed by atoms with E-state index in [-0.39, 0.29) is 10.9 Å². The minimum Gasteiger partial charge on any atom is -0.454 e. The van der Waals surface area contributed by atoms with Gasteiger partial charge in [-0.15, -0.1) is 0 Å². The fourth-order valence-electron chi connectivity index (χ4n) is 2.17. The van der Waals surface area contributed by atoms with Crippen molar-refractivity contribution in [2.45, 2.75) is 19.8 Å². The van der Waals surface area contributed by atoms with Crippen molar-refractivity contribution in [3.63, 3.8) is 0 Å². The molecule has 3 aromatic rings. The number of nitriles is 1. The molecule has 20 heavy (non-hydrogen) atoms. The Labute approximate surface area is 115 Å². The van der Waals surface area contributed by atoms with Gasteiger partial charge in [0.1, 0.15) is 11.7 Å². The van der Waals surface area contributed by atoms with Crippen molar-refractivity contribution in [1.82, 2.24) is 4.98 Å². The maximum atomic E-state index is 12.5. The van der Waals surface area contributed by atoms with E-state index in [0.717, 1.165) is 5.56 Å². The molecule has 4 heteroatoms. The lowest BCUT2D eigenvalue weighted by atomic mass is 10.0. The molecule has 0 spiro atoms. The number of aromatic nitrogens is 1. The highest BCUT2D eigenvalue weighted by atomic mass is 16.3. The Bertz CT molecular complexity index is 917. The van der Waals surface area contributed by atoms with Gasteiger partial charge in [-0.3, -0.25) is 4.79 Å². The normalized spacial score (nSPS) is 11.1. The molecule has 0 bridgehead atoms. The fraction of sp³-hybridized carbons (Fsp3) is 0.188. The van der Waals surface area contributed by atoms with Crippen molar-refractivity contribution < 1.29 is 4.42 Å². The molecule has 2 heterocycles. The van der Waals surface area contributed by atoms with E-state index < -0.39 is 0 Å². The zero-order valence-electron chi connectivity index (χ0n) is 11.2. The summed E-state index contributed by atoms with van der Waals surface area (Å²) in [5, 5.41) is 9.40. The van der Waals surface area contributed by atoms with Crippen molar-refractivity contribution in [2.75, 3.05) is 0 Å². The topological polar surface area (TPSA) is 66.9 Å². The second kappa shape index (κ2) is 4.46. The van der Waals surface area contributed by atoms with E-state index in [1.54, 1.807) is 12.1 Å². The molecule has 0 aliphatic heterocycles. The number of nitrogens with zero attached hydrogens (tertiary/aromatic N) is 2. The molecule has 1 aromatic carbocycles. The number of hydrogen-bond donors (Lipinski definition) is 0. The molecule has 0 radical (unpaired) electrons. The number of pyridine rings is 1. The first-order valence-corrected chi connectivity index (χ1v) is 6.37. The SMILES string of the molecule is CC(C)c1ccc2oc3cc(C#N)cnc3c(=O)c2c1. The second-order valence-electron chi connectivity index (χ2n) is 5.02. The predicted molar refractivity (Wildman–Crippen MR) is 76.6 cm³/mol. The molecule has 0 saturated heterocycles. The van der Waals surface area contributed by atoms with Gasteiger partial charge in [0.2, 0.25) is 5.43 Å². The van der Waals surface area contributed by atoms with Gasteiger partial charge in [-0.25, -0.2) is 4.98 Å². The first kappa shape index (κ1) is 12.4. The summed E-state index contributed by atoms with van der Waals surface area (Å²) in [6.07, 6.45) is 1.39. The highest BCUT2D eigenvalue weighted by Gasteiger charge is 2.11. The second-order valence-corrected chi connectivity index (χ2v) is 5.02. The van der Waals surface area contributed by atoms with E-state index in [0.29, 0.717) is 28.0 Å². The van der Waals surface area contributed by atoms with Crippen LogP contribution in [0.1, 0.15) is 30.9 Å². The van der Waals surface area contributed by atoms with E-state index in [1.807, 2.05) is 18.2 Å². The van der Waals surface area contributed by atoms with E-state index in [9.17, 15) is 4.79 Å². The van der Waals surface area contributed by atoms with Crippen molar-refractivity contribution in [3.05, 3.63) is 51.8 Å². The molecule has 4 nitrogen and oxygen atoms in total. The molecule has 0 amide bonds. The largest absolute Gasteiger partial charge is 0.454 e.